The fraction of sp³-hybridized carbons (Fsp3) is 0. The molecule has 11 rings (SSSR count). The van der Waals surface area contributed by atoms with Gasteiger partial charge in [0.15, 0.2) is 0 Å². The van der Waals surface area contributed by atoms with Crippen molar-refractivity contribution in [2.24, 2.45) is 0 Å². The Morgan fingerprint density at radius 1 is 0.315 bits per heavy atom. The highest BCUT2D eigenvalue weighted by Crippen LogP contribution is 2.50. The van der Waals surface area contributed by atoms with Crippen molar-refractivity contribution in [3.63, 3.8) is 0 Å². The Kier molecular flexibility index (Phi) is 6.90. The predicted octanol–water partition coefficient (Wildman–Crippen LogP) is 14.4. The zero-order valence-electron chi connectivity index (χ0n) is 29.5. The minimum Gasteiger partial charge on any atom is -0.310 e. The first-order chi connectivity index (χ1) is 26.8. The molecule has 2 heteroatoms. The standard InChI is InChI=1S/C52H34N2/c1-4-14-35(15-5-1)36-26-28-40(29-27-36)53(38-18-6-2-7-19-38)41-30-31-44-49-33-47-46-25-13-17-37-16-12-24-45(52(37)46)42-22-10-11-23-43(42)48(47)34-51(49)54(50(44)32-41)39-20-8-3-9-21-39/h1-34H. The Morgan fingerprint density at radius 2 is 0.833 bits per heavy atom. The Balaban J connectivity index is 1.18. The van der Waals surface area contributed by atoms with Gasteiger partial charge in [-0.1, -0.05) is 146 Å². The Morgan fingerprint density at radius 3 is 1.56 bits per heavy atom. The molecule has 0 aliphatic heterocycles. The van der Waals surface area contributed by atoms with E-state index in [9.17, 15) is 0 Å². The van der Waals surface area contributed by atoms with Crippen molar-refractivity contribution in [2.45, 2.75) is 0 Å². The number of rotatable bonds is 5. The summed E-state index contributed by atoms with van der Waals surface area (Å²) in [6.45, 7) is 0. The molecular weight excluding hydrogens is 653 g/mol. The second-order valence-corrected chi connectivity index (χ2v) is 14.1. The molecule has 1 aromatic heterocycles. The van der Waals surface area contributed by atoms with Crippen LogP contribution in [0.15, 0.2) is 206 Å². The summed E-state index contributed by atoms with van der Waals surface area (Å²) in [5.41, 5.74) is 16.9. The lowest BCUT2D eigenvalue weighted by Gasteiger charge is -2.26. The Bertz CT molecular complexity index is 3010. The number of nitrogens with zero attached hydrogens (tertiary/aromatic N) is 2. The van der Waals surface area contributed by atoms with Crippen LogP contribution in [0, 0.1) is 0 Å². The predicted molar refractivity (Wildman–Crippen MR) is 228 cm³/mol. The molecule has 0 atom stereocenters. The van der Waals surface area contributed by atoms with Gasteiger partial charge < -0.3 is 9.47 Å². The van der Waals surface area contributed by atoms with Gasteiger partial charge in [0.2, 0.25) is 0 Å². The van der Waals surface area contributed by atoms with Gasteiger partial charge in [0.25, 0.3) is 0 Å². The number of anilines is 3. The Labute approximate surface area is 314 Å². The summed E-state index contributed by atoms with van der Waals surface area (Å²) in [6, 6.07) is 75.3. The van der Waals surface area contributed by atoms with Crippen LogP contribution in [0.1, 0.15) is 0 Å². The molecule has 252 valence electrons. The largest absolute Gasteiger partial charge is 0.310 e. The monoisotopic (exact) mass is 686 g/mol. The SMILES string of the molecule is c1ccc(-c2ccc(N(c3ccccc3)c3ccc4c5cc6c(cc5n(-c5ccccc5)c4c3)-c3ccccc3-c3cccc4cccc-6c34)cc2)cc1. The fourth-order valence-electron chi connectivity index (χ4n) is 8.69. The quantitative estimate of drug-likeness (QED) is 0.175. The van der Waals surface area contributed by atoms with Gasteiger partial charge in [-0.2, -0.15) is 0 Å². The summed E-state index contributed by atoms with van der Waals surface area (Å²) in [5, 5.41) is 5.05. The van der Waals surface area contributed by atoms with Crippen LogP contribution in [0.2, 0.25) is 0 Å². The van der Waals surface area contributed by atoms with E-state index < -0.39 is 0 Å². The Hall–Kier alpha value is -7.16. The lowest BCUT2D eigenvalue weighted by Crippen LogP contribution is -2.10. The van der Waals surface area contributed by atoms with Gasteiger partial charge >= 0.3 is 0 Å². The van der Waals surface area contributed by atoms with Crippen LogP contribution in [0.3, 0.4) is 0 Å². The molecule has 9 aromatic carbocycles. The second-order valence-electron chi connectivity index (χ2n) is 14.1. The van der Waals surface area contributed by atoms with Gasteiger partial charge in [-0.25, -0.2) is 0 Å². The molecule has 2 nitrogen and oxygen atoms in total. The number of fused-ring (bicyclic) bond motifs is 8. The van der Waals surface area contributed by atoms with E-state index in [1.54, 1.807) is 0 Å². The number of aromatic nitrogens is 1. The third-order valence-corrected chi connectivity index (χ3v) is 11.1. The minimum atomic E-state index is 1.10. The molecule has 54 heavy (non-hydrogen) atoms. The summed E-state index contributed by atoms with van der Waals surface area (Å²) in [4.78, 5) is 2.37. The number of benzene rings is 9. The summed E-state index contributed by atoms with van der Waals surface area (Å²) in [5.74, 6) is 0. The van der Waals surface area contributed by atoms with Gasteiger partial charge in [-0.15, -0.1) is 0 Å². The van der Waals surface area contributed by atoms with Crippen LogP contribution in [0.25, 0.3) is 82.8 Å². The van der Waals surface area contributed by atoms with Crippen molar-refractivity contribution in [1.82, 2.24) is 4.57 Å². The van der Waals surface area contributed by atoms with Gasteiger partial charge in [-0.3, -0.25) is 0 Å². The van der Waals surface area contributed by atoms with E-state index in [0.717, 1.165) is 22.7 Å². The zero-order valence-corrected chi connectivity index (χ0v) is 29.5. The van der Waals surface area contributed by atoms with Crippen LogP contribution in [-0.4, -0.2) is 4.57 Å². The molecular formula is C52H34N2. The molecule has 0 unspecified atom stereocenters. The summed E-state index contributed by atoms with van der Waals surface area (Å²) in [6.07, 6.45) is 0. The van der Waals surface area contributed by atoms with Crippen molar-refractivity contribution >= 4 is 49.6 Å². The highest BCUT2D eigenvalue weighted by molar-refractivity contribution is 6.18. The second kappa shape index (κ2) is 12.2. The summed E-state index contributed by atoms with van der Waals surface area (Å²) in [7, 11) is 0. The number of para-hydroxylation sites is 2. The molecule has 1 aliphatic rings. The molecule has 10 aromatic rings. The maximum Gasteiger partial charge on any atom is 0.0561 e. The number of hydrogen-bond acceptors (Lipinski definition) is 1. The van der Waals surface area contributed by atoms with Crippen LogP contribution in [0.4, 0.5) is 17.1 Å². The first-order valence-electron chi connectivity index (χ1n) is 18.6. The van der Waals surface area contributed by atoms with Crippen LogP contribution < -0.4 is 4.90 Å². The smallest absolute Gasteiger partial charge is 0.0561 e. The maximum absolute atomic E-state index is 2.46. The average Bonchev–Trinajstić information content (AvgIpc) is 3.50. The van der Waals surface area contributed by atoms with E-state index in [1.807, 2.05) is 0 Å². The molecule has 0 bridgehead atoms. The van der Waals surface area contributed by atoms with E-state index in [1.165, 1.54) is 77.1 Å². The third-order valence-electron chi connectivity index (χ3n) is 11.1. The van der Waals surface area contributed by atoms with Crippen molar-refractivity contribution in [3.8, 4) is 50.2 Å². The third kappa shape index (κ3) is 4.74. The lowest BCUT2D eigenvalue weighted by atomic mass is 9.92. The molecule has 1 heterocycles. The lowest BCUT2D eigenvalue weighted by molar-refractivity contribution is 1.18. The molecule has 1 aliphatic carbocycles. The van der Waals surface area contributed by atoms with Crippen molar-refractivity contribution in [1.29, 1.82) is 0 Å². The molecule has 0 saturated heterocycles. The van der Waals surface area contributed by atoms with E-state index >= 15 is 0 Å². The first-order valence-corrected chi connectivity index (χ1v) is 18.6. The molecule has 0 fully saturated rings. The highest BCUT2D eigenvalue weighted by Gasteiger charge is 2.24. The van der Waals surface area contributed by atoms with Crippen molar-refractivity contribution < 1.29 is 0 Å². The van der Waals surface area contributed by atoms with Crippen LogP contribution in [-0.2, 0) is 0 Å². The molecule has 0 amide bonds. The first kappa shape index (κ1) is 30.5. The van der Waals surface area contributed by atoms with Crippen LogP contribution >= 0.6 is 0 Å². The summed E-state index contributed by atoms with van der Waals surface area (Å²) >= 11 is 0. The molecule has 0 N–H and O–H groups in total. The van der Waals surface area contributed by atoms with Crippen molar-refractivity contribution in [2.75, 3.05) is 4.90 Å². The maximum atomic E-state index is 2.46. The van der Waals surface area contributed by atoms with Crippen molar-refractivity contribution in [3.05, 3.63) is 206 Å². The molecule has 0 radical (unpaired) electrons. The number of hydrogen-bond donors (Lipinski definition) is 0. The van der Waals surface area contributed by atoms with E-state index in [-0.39, 0.29) is 0 Å². The van der Waals surface area contributed by atoms with Gasteiger partial charge in [-0.05, 0) is 116 Å². The zero-order chi connectivity index (χ0) is 35.6. The summed E-state index contributed by atoms with van der Waals surface area (Å²) < 4.78 is 2.46. The highest BCUT2D eigenvalue weighted by atomic mass is 15.1. The minimum absolute atomic E-state index is 1.10. The van der Waals surface area contributed by atoms with E-state index in [4.69, 9.17) is 0 Å². The van der Waals surface area contributed by atoms with E-state index in [2.05, 4.69) is 216 Å². The van der Waals surface area contributed by atoms with Gasteiger partial charge in [0, 0.05) is 33.5 Å². The van der Waals surface area contributed by atoms with E-state index in [0.29, 0.717) is 0 Å². The molecule has 0 saturated carbocycles. The topological polar surface area (TPSA) is 8.17 Å². The van der Waals surface area contributed by atoms with Crippen LogP contribution in [0.5, 0.6) is 0 Å². The average molecular weight is 687 g/mol. The molecule has 0 spiro atoms. The fourth-order valence-corrected chi connectivity index (χ4v) is 8.69. The van der Waals surface area contributed by atoms with Gasteiger partial charge in [0.1, 0.15) is 0 Å². The normalized spacial score (nSPS) is 11.7. The van der Waals surface area contributed by atoms with Gasteiger partial charge in [0.05, 0.1) is 11.0 Å².